The summed E-state index contributed by atoms with van der Waals surface area (Å²) in [5.41, 5.74) is 0.565. The molecule has 1 fully saturated rings. The van der Waals surface area contributed by atoms with Gasteiger partial charge in [0.25, 0.3) is 0 Å². The molecule has 14 heteroatoms. The maximum atomic E-state index is 13.6. The molecule has 0 spiro atoms. The summed E-state index contributed by atoms with van der Waals surface area (Å²) in [5, 5.41) is 10.8. The van der Waals surface area contributed by atoms with E-state index in [1.165, 1.54) is 15.6 Å². The van der Waals surface area contributed by atoms with E-state index in [9.17, 15) is 27.6 Å². The maximum Gasteiger partial charge on any atom is 0.435 e. The Morgan fingerprint density at radius 2 is 1.72 bits per heavy atom. The fourth-order valence-corrected chi connectivity index (χ4v) is 5.04. The van der Waals surface area contributed by atoms with Crippen LogP contribution in [0.4, 0.5) is 23.7 Å². The number of rotatable bonds is 6. The van der Waals surface area contributed by atoms with Crippen molar-refractivity contribution in [3.63, 3.8) is 0 Å². The minimum absolute atomic E-state index is 0.183. The van der Waals surface area contributed by atoms with Gasteiger partial charge in [0.1, 0.15) is 12.6 Å². The molecule has 11 nitrogen and oxygen atoms in total. The highest BCUT2D eigenvalue weighted by molar-refractivity contribution is 5.91. The zero-order chi connectivity index (χ0) is 28.3. The van der Waals surface area contributed by atoms with Crippen LogP contribution in [0.2, 0.25) is 0 Å². The van der Waals surface area contributed by atoms with Crippen LogP contribution < -0.4 is 5.32 Å². The molecule has 4 rings (SSSR count). The van der Waals surface area contributed by atoms with Crippen molar-refractivity contribution < 1.29 is 32.3 Å². The highest BCUT2D eigenvalue weighted by atomic mass is 19.4. The summed E-state index contributed by atoms with van der Waals surface area (Å²) in [6.07, 6.45) is -0.483. The number of carbonyl (C=O) groups is 3. The van der Waals surface area contributed by atoms with E-state index in [2.05, 4.69) is 15.5 Å². The summed E-state index contributed by atoms with van der Waals surface area (Å²) >= 11 is 0. The SMILES string of the molecule is CCOC(=O)N1CCN(C(=O)C(C)n2cc(NC(=O)Cn3nc(C(F)(F)F)c4c3CCCCC4)c(C)n2)CC1. The first-order valence-corrected chi connectivity index (χ1v) is 13.2. The number of nitrogens with zero attached hydrogens (tertiary/aromatic N) is 6. The van der Waals surface area contributed by atoms with Crippen LogP contribution in [0.25, 0.3) is 0 Å². The fraction of sp³-hybridized carbons (Fsp3) is 0.640. The van der Waals surface area contributed by atoms with Gasteiger partial charge >= 0.3 is 12.3 Å². The van der Waals surface area contributed by atoms with Crippen LogP contribution in [-0.2, 0) is 39.9 Å². The van der Waals surface area contributed by atoms with Crippen LogP contribution in [0.15, 0.2) is 6.20 Å². The van der Waals surface area contributed by atoms with Crippen molar-refractivity contribution in [1.82, 2.24) is 29.4 Å². The van der Waals surface area contributed by atoms with E-state index < -0.39 is 29.9 Å². The number of hydrogen-bond acceptors (Lipinski definition) is 6. The zero-order valence-electron chi connectivity index (χ0n) is 22.4. The smallest absolute Gasteiger partial charge is 0.435 e. The molecule has 214 valence electrons. The third-order valence-corrected chi connectivity index (χ3v) is 7.13. The first kappa shape index (κ1) is 28.4. The van der Waals surface area contributed by atoms with Gasteiger partial charge in [-0.05, 0) is 46.5 Å². The van der Waals surface area contributed by atoms with Crippen LogP contribution in [0.1, 0.15) is 61.8 Å². The number of aryl methyl sites for hydroxylation is 1. The second kappa shape index (κ2) is 11.7. The van der Waals surface area contributed by atoms with Gasteiger partial charge < -0.3 is 19.9 Å². The average molecular weight is 554 g/mol. The van der Waals surface area contributed by atoms with Gasteiger partial charge in [-0.3, -0.25) is 19.0 Å². The summed E-state index contributed by atoms with van der Waals surface area (Å²) in [6.45, 7) is 6.47. The highest BCUT2D eigenvalue weighted by Crippen LogP contribution is 2.35. The lowest BCUT2D eigenvalue weighted by Gasteiger charge is -2.35. The molecule has 3 amide bonds. The molecule has 0 bridgehead atoms. The molecule has 1 atom stereocenters. The van der Waals surface area contributed by atoms with Crippen molar-refractivity contribution in [1.29, 1.82) is 0 Å². The quantitative estimate of drug-likeness (QED) is 0.550. The standard InChI is InChI=1S/C25H34F3N7O4/c1-4-39-24(38)33-12-10-32(11-13-33)23(37)17(3)34-14-19(16(2)30-34)29-21(36)15-35-20-9-7-5-6-8-18(20)22(31-35)25(26,27)28/h14,17H,4-13,15H2,1-3H3,(H,29,36). The van der Waals surface area contributed by atoms with Crippen molar-refractivity contribution in [2.45, 2.75) is 71.6 Å². The summed E-state index contributed by atoms with van der Waals surface area (Å²) < 4.78 is 48.4. The molecule has 1 aliphatic carbocycles. The number of piperazine rings is 1. The van der Waals surface area contributed by atoms with Gasteiger partial charge in [0, 0.05) is 43.6 Å². The van der Waals surface area contributed by atoms with Crippen LogP contribution >= 0.6 is 0 Å². The van der Waals surface area contributed by atoms with Gasteiger partial charge in [-0.1, -0.05) is 6.42 Å². The van der Waals surface area contributed by atoms with Crippen molar-refractivity contribution in [2.24, 2.45) is 0 Å². The molecule has 0 saturated carbocycles. The Morgan fingerprint density at radius 1 is 1.05 bits per heavy atom. The van der Waals surface area contributed by atoms with Crippen LogP contribution in [0.5, 0.6) is 0 Å². The van der Waals surface area contributed by atoms with Crippen molar-refractivity contribution in [2.75, 3.05) is 38.1 Å². The normalized spacial score (nSPS) is 16.9. The molecule has 1 aliphatic heterocycles. The summed E-state index contributed by atoms with van der Waals surface area (Å²) in [4.78, 5) is 41.0. The Labute approximate surface area is 224 Å². The molecule has 2 aromatic heterocycles. The van der Waals surface area contributed by atoms with E-state index in [1.54, 1.807) is 30.6 Å². The van der Waals surface area contributed by atoms with E-state index >= 15 is 0 Å². The topological polar surface area (TPSA) is 115 Å². The minimum atomic E-state index is -4.58. The Bertz CT molecular complexity index is 1220. The Hall–Kier alpha value is -3.58. The molecule has 2 aromatic rings. The number of carbonyl (C=O) groups excluding carboxylic acids is 3. The number of amides is 3. The number of ether oxygens (including phenoxy) is 1. The second-order valence-electron chi connectivity index (χ2n) is 9.83. The van der Waals surface area contributed by atoms with Gasteiger partial charge in [-0.15, -0.1) is 0 Å². The molecule has 1 saturated heterocycles. The number of nitrogens with one attached hydrogen (secondary N) is 1. The minimum Gasteiger partial charge on any atom is -0.450 e. The van der Waals surface area contributed by atoms with E-state index in [-0.39, 0.29) is 24.6 Å². The molecule has 1 unspecified atom stereocenters. The van der Waals surface area contributed by atoms with Gasteiger partial charge in [-0.25, -0.2) is 4.79 Å². The Kier molecular flexibility index (Phi) is 8.50. The summed E-state index contributed by atoms with van der Waals surface area (Å²) in [7, 11) is 0. The lowest BCUT2D eigenvalue weighted by atomic mass is 10.1. The summed E-state index contributed by atoms with van der Waals surface area (Å²) in [6, 6.07) is -0.667. The molecule has 3 heterocycles. The Balaban J connectivity index is 1.40. The van der Waals surface area contributed by atoms with E-state index in [0.717, 1.165) is 12.8 Å². The van der Waals surface area contributed by atoms with Crippen LogP contribution in [-0.4, -0.2) is 80.1 Å². The molecule has 1 N–H and O–H groups in total. The van der Waals surface area contributed by atoms with E-state index in [4.69, 9.17) is 4.74 Å². The Morgan fingerprint density at radius 3 is 2.38 bits per heavy atom. The summed E-state index contributed by atoms with van der Waals surface area (Å²) in [5.74, 6) is -0.715. The van der Waals surface area contributed by atoms with Gasteiger partial charge in [0.2, 0.25) is 11.8 Å². The number of halogens is 3. The second-order valence-corrected chi connectivity index (χ2v) is 9.83. The highest BCUT2D eigenvalue weighted by Gasteiger charge is 2.39. The maximum absolute atomic E-state index is 13.6. The molecular weight excluding hydrogens is 519 g/mol. The van der Waals surface area contributed by atoms with Crippen molar-refractivity contribution >= 4 is 23.6 Å². The number of aromatic nitrogens is 4. The molecule has 39 heavy (non-hydrogen) atoms. The van der Waals surface area contributed by atoms with Gasteiger partial charge in [-0.2, -0.15) is 23.4 Å². The predicted molar refractivity (Wildman–Crippen MR) is 134 cm³/mol. The lowest BCUT2D eigenvalue weighted by molar-refractivity contribution is -0.142. The largest absolute Gasteiger partial charge is 0.450 e. The average Bonchev–Trinajstić information content (AvgIpc) is 3.32. The molecular formula is C25H34F3N7O4. The number of alkyl halides is 3. The monoisotopic (exact) mass is 553 g/mol. The molecule has 2 aliphatic rings. The molecule has 0 radical (unpaired) electrons. The first-order valence-electron chi connectivity index (χ1n) is 13.2. The first-order chi connectivity index (χ1) is 18.5. The number of fused-ring (bicyclic) bond motifs is 1. The van der Waals surface area contributed by atoms with Gasteiger partial charge in [0.05, 0.1) is 18.0 Å². The predicted octanol–water partition coefficient (Wildman–Crippen LogP) is 3.18. The van der Waals surface area contributed by atoms with Crippen molar-refractivity contribution in [3.8, 4) is 0 Å². The van der Waals surface area contributed by atoms with E-state index in [0.29, 0.717) is 62.5 Å². The van der Waals surface area contributed by atoms with Gasteiger partial charge in [0.15, 0.2) is 5.69 Å². The molecule has 0 aromatic carbocycles. The number of anilines is 1. The third kappa shape index (κ3) is 6.36. The van der Waals surface area contributed by atoms with E-state index in [1.807, 2.05) is 0 Å². The van der Waals surface area contributed by atoms with Crippen LogP contribution in [0, 0.1) is 6.92 Å². The third-order valence-electron chi connectivity index (χ3n) is 7.13. The van der Waals surface area contributed by atoms with Crippen LogP contribution in [0.3, 0.4) is 0 Å². The fourth-order valence-electron chi connectivity index (χ4n) is 5.04. The van der Waals surface area contributed by atoms with Crippen molar-refractivity contribution in [3.05, 3.63) is 28.8 Å². The zero-order valence-corrected chi connectivity index (χ0v) is 22.4. The number of hydrogen-bond donors (Lipinski definition) is 1. The lowest BCUT2D eigenvalue weighted by Crippen LogP contribution is -2.52.